The number of anilines is 1. The molecule has 0 unspecified atom stereocenters. The fourth-order valence-electron chi connectivity index (χ4n) is 2.44. The number of amides is 2. The van der Waals surface area contributed by atoms with Crippen LogP contribution in [0.25, 0.3) is 11.3 Å². The number of thioether (sulfide) groups is 1. The molecule has 9 heteroatoms. The number of carbonyl (C=O) groups is 3. The summed E-state index contributed by atoms with van der Waals surface area (Å²) in [7, 11) is 0. The van der Waals surface area contributed by atoms with Gasteiger partial charge < -0.3 is 15.8 Å². The average molecular weight is 428 g/mol. The maximum atomic E-state index is 12.9. The Morgan fingerprint density at radius 2 is 1.79 bits per heavy atom. The number of carbonyl (C=O) groups excluding carboxylic acids is 3. The van der Waals surface area contributed by atoms with Crippen LogP contribution in [0.3, 0.4) is 0 Å². The predicted molar refractivity (Wildman–Crippen MR) is 113 cm³/mol. The van der Waals surface area contributed by atoms with Crippen LogP contribution in [0.2, 0.25) is 0 Å². The van der Waals surface area contributed by atoms with E-state index in [1.165, 1.54) is 30.0 Å². The number of rotatable bonds is 7. The van der Waals surface area contributed by atoms with Crippen molar-refractivity contribution >= 4 is 45.9 Å². The van der Waals surface area contributed by atoms with Crippen molar-refractivity contribution in [3.8, 4) is 17.0 Å². The Morgan fingerprint density at radius 1 is 1.10 bits per heavy atom. The van der Waals surface area contributed by atoms with Gasteiger partial charge in [-0.3, -0.25) is 14.4 Å². The third-order valence-electron chi connectivity index (χ3n) is 3.61. The van der Waals surface area contributed by atoms with Crippen LogP contribution in [0.15, 0.2) is 58.9 Å². The van der Waals surface area contributed by atoms with Gasteiger partial charge in [0.25, 0.3) is 5.91 Å². The first-order valence-corrected chi connectivity index (χ1v) is 10.3. The van der Waals surface area contributed by atoms with Crippen LogP contribution in [0, 0.1) is 0 Å². The fraction of sp³-hybridized carbons (Fsp3) is 0.100. The molecule has 0 fully saturated rings. The minimum Gasteiger partial charge on any atom is -0.426 e. The molecule has 0 spiro atoms. The average Bonchev–Trinajstić information content (AvgIpc) is 3.09. The van der Waals surface area contributed by atoms with Gasteiger partial charge in [-0.25, -0.2) is 4.98 Å². The summed E-state index contributed by atoms with van der Waals surface area (Å²) in [6, 6.07) is 15.8. The molecule has 2 amide bonds. The van der Waals surface area contributed by atoms with Crippen molar-refractivity contribution in [1.82, 2.24) is 4.98 Å². The molecule has 29 heavy (non-hydrogen) atoms. The van der Waals surface area contributed by atoms with Gasteiger partial charge in [-0.2, -0.15) is 0 Å². The van der Waals surface area contributed by atoms with Crippen LogP contribution >= 0.6 is 23.1 Å². The van der Waals surface area contributed by atoms with Crippen molar-refractivity contribution in [2.45, 2.75) is 11.3 Å². The lowest BCUT2D eigenvalue weighted by Crippen LogP contribution is -2.14. The summed E-state index contributed by atoms with van der Waals surface area (Å²) in [6.07, 6.45) is 0. The molecule has 0 aliphatic rings. The summed E-state index contributed by atoms with van der Waals surface area (Å²) >= 11 is 2.45. The third kappa shape index (κ3) is 5.43. The molecule has 0 atom stereocenters. The van der Waals surface area contributed by atoms with Crippen LogP contribution < -0.4 is 15.8 Å². The lowest BCUT2D eigenvalue weighted by Gasteiger charge is -2.09. The third-order valence-corrected chi connectivity index (χ3v) is 5.74. The first kappa shape index (κ1) is 20.6. The van der Waals surface area contributed by atoms with Gasteiger partial charge in [-0.05, 0) is 12.1 Å². The summed E-state index contributed by atoms with van der Waals surface area (Å²) in [5, 5.41) is 3.36. The van der Waals surface area contributed by atoms with E-state index in [0.29, 0.717) is 15.0 Å². The molecule has 0 radical (unpaired) electrons. The van der Waals surface area contributed by atoms with E-state index in [0.717, 1.165) is 5.56 Å². The number of thiazole rings is 1. The lowest BCUT2D eigenvalue weighted by atomic mass is 10.1. The van der Waals surface area contributed by atoms with Crippen LogP contribution in [0.1, 0.15) is 17.3 Å². The number of hydrogen-bond acceptors (Lipinski definition) is 7. The molecule has 1 aromatic heterocycles. The molecular formula is C20H17N3O4S2. The minimum absolute atomic E-state index is 0.0877. The van der Waals surface area contributed by atoms with Crippen molar-refractivity contribution in [3.05, 3.63) is 60.2 Å². The van der Waals surface area contributed by atoms with E-state index in [2.05, 4.69) is 10.3 Å². The molecule has 3 aromatic rings. The normalized spacial score (nSPS) is 10.4. The van der Waals surface area contributed by atoms with Gasteiger partial charge in [0.05, 0.1) is 11.3 Å². The van der Waals surface area contributed by atoms with E-state index in [-0.39, 0.29) is 17.1 Å². The Morgan fingerprint density at radius 3 is 2.48 bits per heavy atom. The zero-order valence-electron chi connectivity index (χ0n) is 15.4. The van der Waals surface area contributed by atoms with Gasteiger partial charge in [0.2, 0.25) is 5.91 Å². The zero-order valence-corrected chi connectivity index (χ0v) is 17.0. The summed E-state index contributed by atoms with van der Waals surface area (Å²) < 4.78 is 5.72. The van der Waals surface area contributed by atoms with E-state index in [1.54, 1.807) is 24.3 Å². The second-order valence-corrected chi connectivity index (χ2v) is 8.04. The molecule has 0 aliphatic heterocycles. The number of primary amides is 1. The molecule has 0 saturated heterocycles. The number of nitrogens with zero attached hydrogens (tertiary/aromatic N) is 1. The van der Waals surface area contributed by atoms with Gasteiger partial charge in [-0.1, -0.05) is 65.6 Å². The number of esters is 1. The molecule has 0 aliphatic carbocycles. The van der Waals surface area contributed by atoms with Gasteiger partial charge in [0, 0.05) is 12.5 Å². The quantitative estimate of drug-likeness (QED) is 0.339. The highest BCUT2D eigenvalue weighted by Gasteiger charge is 2.19. The zero-order chi connectivity index (χ0) is 20.8. The van der Waals surface area contributed by atoms with Gasteiger partial charge in [0.1, 0.15) is 16.4 Å². The van der Waals surface area contributed by atoms with Crippen LogP contribution in [0.4, 0.5) is 5.00 Å². The fourth-order valence-corrected chi connectivity index (χ4v) is 4.24. The van der Waals surface area contributed by atoms with E-state index >= 15 is 0 Å². The topological polar surface area (TPSA) is 111 Å². The van der Waals surface area contributed by atoms with Crippen LogP contribution in [-0.4, -0.2) is 28.5 Å². The van der Waals surface area contributed by atoms with Crippen molar-refractivity contribution in [2.75, 3.05) is 11.1 Å². The molecule has 2 aromatic carbocycles. The number of benzene rings is 2. The molecule has 3 rings (SSSR count). The molecule has 0 saturated carbocycles. The molecule has 148 valence electrons. The smallest absolute Gasteiger partial charge is 0.308 e. The highest BCUT2D eigenvalue weighted by molar-refractivity contribution is 8.01. The van der Waals surface area contributed by atoms with E-state index in [4.69, 9.17) is 10.5 Å². The number of aromatic nitrogens is 1. The lowest BCUT2D eigenvalue weighted by molar-refractivity contribution is -0.131. The van der Waals surface area contributed by atoms with Crippen LogP contribution in [0.5, 0.6) is 5.75 Å². The predicted octanol–water partition coefficient (Wildman–Crippen LogP) is 3.57. The largest absolute Gasteiger partial charge is 0.426 e. The van der Waals surface area contributed by atoms with Gasteiger partial charge in [0.15, 0.2) is 4.34 Å². The SMILES string of the molecule is CC(=O)Oc1ccccc1C(=O)Nc1sc(SCC(N)=O)nc1-c1ccccc1. The summed E-state index contributed by atoms with van der Waals surface area (Å²) in [5.74, 6) is -1.14. The molecule has 7 nitrogen and oxygen atoms in total. The second-order valence-electron chi connectivity index (χ2n) is 5.82. The Hall–Kier alpha value is -3.17. The number of ether oxygens (including phenoxy) is 1. The van der Waals surface area contributed by atoms with Crippen molar-refractivity contribution in [3.63, 3.8) is 0 Å². The first-order chi connectivity index (χ1) is 13.9. The second kappa shape index (κ2) is 9.35. The molecular weight excluding hydrogens is 410 g/mol. The van der Waals surface area contributed by atoms with E-state index in [1.807, 2.05) is 30.3 Å². The standard InChI is InChI=1S/C20H17N3O4S2/c1-12(24)27-15-10-6-5-9-14(15)18(26)23-19-17(13-7-3-2-4-8-13)22-20(29-19)28-11-16(21)25/h2-10H,11H2,1H3,(H2,21,25)(H,23,26). The number of hydrogen-bond donors (Lipinski definition) is 2. The van der Waals surface area contributed by atoms with Gasteiger partial charge in [-0.15, -0.1) is 0 Å². The Bertz CT molecular complexity index is 1050. The highest BCUT2D eigenvalue weighted by atomic mass is 32.2. The summed E-state index contributed by atoms with van der Waals surface area (Å²) in [4.78, 5) is 39.8. The number of nitrogens with one attached hydrogen (secondary N) is 1. The molecule has 3 N–H and O–H groups in total. The van der Waals surface area contributed by atoms with E-state index < -0.39 is 17.8 Å². The number of para-hydroxylation sites is 1. The highest BCUT2D eigenvalue weighted by Crippen LogP contribution is 2.38. The minimum atomic E-state index is -0.516. The summed E-state index contributed by atoms with van der Waals surface area (Å²) in [6.45, 7) is 1.27. The van der Waals surface area contributed by atoms with Crippen molar-refractivity contribution in [2.24, 2.45) is 5.73 Å². The summed E-state index contributed by atoms with van der Waals surface area (Å²) in [5.41, 5.74) is 6.84. The van der Waals surface area contributed by atoms with Gasteiger partial charge >= 0.3 is 5.97 Å². The number of nitrogens with two attached hydrogens (primary N) is 1. The van der Waals surface area contributed by atoms with Crippen molar-refractivity contribution in [1.29, 1.82) is 0 Å². The molecule has 1 heterocycles. The van der Waals surface area contributed by atoms with E-state index in [9.17, 15) is 14.4 Å². The molecule has 0 bridgehead atoms. The maximum Gasteiger partial charge on any atom is 0.308 e. The Balaban J connectivity index is 1.92. The first-order valence-electron chi connectivity index (χ1n) is 8.50. The Kier molecular flexibility index (Phi) is 6.63. The maximum absolute atomic E-state index is 12.9. The Labute approximate surface area is 175 Å². The van der Waals surface area contributed by atoms with Crippen molar-refractivity contribution < 1.29 is 19.1 Å². The monoisotopic (exact) mass is 427 g/mol. The van der Waals surface area contributed by atoms with Crippen LogP contribution in [-0.2, 0) is 9.59 Å².